The second kappa shape index (κ2) is 8.63. The summed E-state index contributed by atoms with van der Waals surface area (Å²) in [5.41, 5.74) is 6.34. The summed E-state index contributed by atoms with van der Waals surface area (Å²) in [6.45, 7) is 5.81. The fourth-order valence-electron chi connectivity index (χ4n) is 4.35. The van der Waals surface area contributed by atoms with Gasteiger partial charge in [-0.1, -0.05) is 44.2 Å². The van der Waals surface area contributed by atoms with Crippen LogP contribution in [-0.2, 0) is 14.8 Å². The number of carbonyl (C=O) groups is 1. The van der Waals surface area contributed by atoms with Gasteiger partial charge >= 0.3 is 0 Å². The zero-order valence-corrected chi connectivity index (χ0v) is 18.4. The Labute approximate surface area is 178 Å². The molecule has 0 saturated carbocycles. The first-order chi connectivity index (χ1) is 14.3. The summed E-state index contributed by atoms with van der Waals surface area (Å²) in [6.07, 6.45) is 1.79. The summed E-state index contributed by atoms with van der Waals surface area (Å²) in [6, 6.07) is 13.0. The molecule has 2 heterocycles. The highest BCUT2D eigenvalue weighted by atomic mass is 32.2. The molecule has 0 aromatic heterocycles. The van der Waals surface area contributed by atoms with Gasteiger partial charge in [-0.05, 0) is 41.7 Å². The Balaban J connectivity index is 1.38. The lowest BCUT2D eigenvalue weighted by atomic mass is 9.99. The molecule has 7 nitrogen and oxygen atoms in total. The van der Waals surface area contributed by atoms with Gasteiger partial charge < -0.3 is 4.90 Å². The quantitative estimate of drug-likeness (QED) is 0.758. The van der Waals surface area contributed by atoms with Crippen LogP contribution in [0, 0.1) is 5.92 Å². The van der Waals surface area contributed by atoms with Crippen molar-refractivity contribution in [3.8, 4) is 0 Å². The van der Waals surface area contributed by atoms with Crippen LogP contribution in [0.4, 0.5) is 0 Å². The van der Waals surface area contributed by atoms with E-state index in [0.29, 0.717) is 43.0 Å². The molecule has 2 atom stereocenters. The first-order valence-electron chi connectivity index (χ1n) is 10.6. The van der Waals surface area contributed by atoms with Crippen LogP contribution in [0.15, 0.2) is 47.4 Å². The zero-order valence-electron chi connectivity index (χ0n) is 17.5. The Morgan fingerprint density at radius 1 is 1.03 bits per heavy atom. The first-order valence-corrected chi connectivity index (χ1v) is 12.1. The molecule has 30 heavy (non-hydrogen) atoms. The lowest BCUT2D eigenvalue weighted by Crippen LogP contribution is -2.54. The molecule has 2 aliphatic heterocycles. The fourth-order valence-corrected chi connectivity index (χ4v) is 5.81. The topological polar surface area (TPSA) is 81.8 Å². The number of piperazine rings is 1. The average molecular weight is 431 g/mol. The third kappa shape index (κ3) is 4.37. The zero-order chi connectivity index (χ0) is 21.3. The van der Waals surface area contributed by atoms with Crippen molar-refractivity contribution in [1.82, 2.24) is 20.1 Å². The minimum atomic E-state index is -3.58. The number of fused-ring (bicyclic) bond motifs is 1. The van der Waals surface area contributed by atoms with E-state index in [1.807, 2.05) is 30.3 Å². The van der Waals surface area contributed by atoms with Crippen LogP contribution in [0.5, 0.6) is 0 Å². The number of nitrogens with one attached hydrogen (secondary N) is 2. The molecule has 2 unspecified atom stereocenters. The highest BCUT2D eigenvalue weighted by Gasteiger charge is 2.35. The SMILES string of the molecule is CC(C)CC1CC(C(=O)N2CCN(S(=O)(=O)c3ccc4ccccc4c3)CC2)NN1. The molecule has 2 aromatic carbocycles. The van der Waals surface area contributed by atoms with Crippen LogP contribution in [0.25, 0.3) is 10.8 Å². The first kappa shape index (κ1) is 21.2. The summed E-state index contributed by atoms with van der Waals surface area (Å²) in [5.74, 6) is 0.624. The number of hydrogen-bond acceptors (Lipinski definition) is 5. The Kier molecular flexibility index (Phi) is 6.11. The van der Waals surface area contributed by atoms with E-state index in [0.717, 1.165) is 23.6 Å². The highest BCUT2D eigenvalue weighted by Crippen LogP contribution is 2.23. The molecule has 2 aliphatic rings. The van der Waals surface area contributed by atoms with E-state index in [2.05, 4.69) is 24.7 Å². The maximum absolute atomic E-state index is 13.1. The summed E-state index contributed by atoms with van der Waals surface area (Å²) in [5, 5.41) is 1.92. The largest absolute Gasteiger partial charge is 0.339 e. The summed E-state index contributed by atoms with van der Waals surface area (Å²) in [4.78, 5) is 14.9. The Morgan fingerprint density at radius 2 is 1.73 bits per heavy atom. The van der Waals surface area contributed by atoms with Gasteiger partial charge in [0.15, 0.2) is 0 Å². The molecule has 1 amide bonds. The van der Waals surface area contributed by atoms with Crippen LogP contribution in [-0.4, -0.2) is 61.8 Å². The second-order valence-electron chi connectivity index (χ2n) is 8.64. The number of hydrazine groups is 1. The van der Waals surface area contributed by atoms with Gasteiger partial charge in [-0.15, -0.1) is 0 Å². The van der Waals surface area contributed by atoms with Crippen molar-refractivity contribution >= 4 is 26.7 Å². The number of amides is 1. The second-order valence-corrected chi connectivity index (χ2v) is 10.6. The molecular weight excluding hydrogens is 400 g/mol. The number of carbonyl (C=O) groups excluding carboxylic acids is 1. The fraction of sp³-hybridized carbons (Fsp3) is 0.500. The van der Waals surface area contributed by atoms with Crippen molar-refractivity contribution in [2.75, 3.05) is 26.2 Å². The van der Waals surface area contributed by atoms with Crippen molar-refractivity contribution in [2.24, 2.45) is 5.92 Å². The summed E-state index contributed by atoms with van der Waals surface area (Å²) < 4.78 is 27.7. The van der Waals surface area contributed by atoms with E-state index in [-0.39, 0.29) is 11.9 Å². The molecule has 0 spiro atoms. The lowest BCUT2D eigenvalue weighted by molar-refractivity contribution is -0.134. The molecule has 2 saturated heterocycles. The number of rotatable bonds is 5. The minimum Gasteiger partial charge on any atom is -0.339 e. The van der Waals surface area contributed by atoms with Gasteiger partial charge in [0, 0.05) is 32.2 Å². The average Bonchev–Trinajstić information content (AvgIpc) is 3.20. The van der Waals surface area contributed by atoms with Crippen LogP contribution in [0.3, 0.4) is 0 Å². The molecule has 0 aliphatic carbocycles. The number of benzene rings is 2. The highest BCUT2D eigenvalue weighted by molar-refractivity contribution is 7.89. The number of sulfonamides is 1. The molecule has 8 heteroatoms. The predicted molar refractivity (Wildman–Crippen MR) is 117 cm³/mol. The van der Waals surface area contributed by atoms with Crippen molar-refractivity contribution < 1.29 is 13.2 Å². The van der Waals surface area contributed by atoms with E-state index in [1.165, 1.54) is 4.31 Å². The third-order valence-electron chi connectivity index (χ3n) is 5.94. The number of nitrogens with zero attached hydrogens (tertiary/aromatic N) is 2. The van der Waals surface area contributed by atoms with Gasteiger partial charge in [0.2, 0.25) is 15.9 Å². The van der Waals surface area contributed by atoms with E-state index in [4.69, 9.17) is 0 Å². The standard InChI is InChI=1S/C22H30N4O3S/c1-16(2)13-19-15-21(24-23-19)22(27)25-9-11-26(12-10-25)30(28,29)20-8-7-17-5-3-4-6-18(17)14-20/h3-8,14,16,19,21,23-24H,9-13,15H2,1-2H3. The lowest BCUT2D eigenvalue weighted by Gasteiger charge is -2.35. The van der Waals surface area contributed by atoms with Crippen molar-refractivity contribution in [1.29, 1.82) is 0 Å². The molecule has 2 fully saturated rings. The van der Waals surface area contributed by atoms with Gasteiger partial charge in [0.05, 0.1) is 4.90 Å². The minimum absolute atomic E-state index is 0.0523. The molecular formula is C22H30N4O3S. The Bertz CT molecular complexity index is 1020. The van der Waals surface area contributed by atoms with Gasteiger partial charge in [0.25, 0.3) is 0 Å². The van der Waals surface area contributed by atoms with Crippen LogP contribution in [0.1, 0.15) is 26.7 Å². The van der Waals surface area contributed by atoms with Gasteiger partial charge in [-0.2, -0.15) is 4.31 Å². The van der Waals surface area contributed by atoms with E-state index >= 15 is 0 Å². The van der Waals surface area contributed by atoms with E-state index in [9.17, 15) is 13.2 Å². The van der Waals surface area contributed by atoms with Crippen LogP contribution in [0.2, 0.25) is 0 Å². The third-order valence-corrected chi connectivity index (χ3v) is 7.84. The van der Waals surface area contributed by atoms with Gasteiger partial charge in [-0.3, -0.25) is 10.2 Å². The molecule has 0 radical (unpaired) electrons. The Morgan fingerprint density at radius 3 is 2.43 bits per heavy atom. The monoisotopic (exact) mass is 430 g/mol. The molecule has 162 valence electrons. The van der Waals surface area contributed by atoms with E-state index in [1.54, 1.807) is 17.0 Å². The van der Waals surface area contributed by atoms with Gasteiger partial charge in [-0.25, -0.2) is 13.8 Å². The maximum atomic E-state index is 13.1. The maximum Gasteiger partial charge on any atom is 0.243 e. The molecule has 0 bridgehead atoms. The van der Waals surface area contributed by atoms with Crippen molar-refractivity contribution in [3.05, 3.63) is 42.5 Å². The smallest absolute Gasteiger partial charge is 0.243 e. The Hall–Kier alpha value is -2.00. The number of hydrogen-bond donors (Lipinski definition) is 2. The summed E-state index contributed by atoms with van der Waals surface area (Å²) >= 11 is 0. The molecule has 4 rings (SSSR count). The van der Waals surface area contributed by atoms with Crippen molar-refractivity contribution in [2.45, 2.75) is 43.7 Å². The molecule has 2 aromatic rings. The van der Waals surface area contributed by atoms with Gasteiger partial charge in [0.1, 0.15) is 6.04 Å². The molecule has 2 N–H and O–H groups in total. The van der Waals surface area contributed by atoms with E-state index < -0.39 is 10.0 Å². The van der Waals surface area contributed by atoms with Crippen molar-refractivity contribution in [3.63, 3.8) is 0 Å². The van der Waals surface area contributed by atoms with Crippen LogP contribution >= 0.6 is 0 Å². The normalized spacial score (nSPS) is 23.4. The van der Waals surface area contributed by atoms with Crippen LogP contribution < -0.4 is 10.9 Å². The predicted octanol–water partition coefficient (Wildman–Crippen LogP) is 1.95. The summed E-state index contributed by atoms with van der Waals surface area (Å²) in [7, 11) is -3.58.